The van der Waals surface area contributed by atoms with Crippen molar-refractivity contribution in [1.82, 2.24) is 10.3 Å². The van der Waals surface area contributed by atoms with Crippen LogP contribution in [0, 0.1) is 0 Å². The summed E-state index contributed by atoms with van der Waals surface area (Å²) in [6, 6.07) is 10.4. The molecule has 1 aromatic heterocycles. The summed E-state index contributed by atoms with van der Waals surface area (Å²) in [6.07, 6.45) is 0.684. The molecule has 0 atom stereocenters. The number of aromatic nitrogens is 2. The number of hydrogen-bond donors (Lipinski definition) is 0. The van der Waals surface area contributed by atoms with Crippen molar-refractivity contribution < 1.29 is 13.0 Å². The zero-order chi connectivity index (χ0) is 15.3. The number of rotatable bonds is 2. The van der Waals surface area contributed by atoms with Crippen LogP contribution in [-0.2, 0) is 16.4 Å². The van der Waals surface area contributed by atoms with Gasteiger partial charge in [-0.1, -0.05) is 29.8 Å². The van der Waals surface area contributed by atoms with Crippen molar-refractivity contribution in [2.24, 2.45) is 0 Å². The third kappa shape index (κ3) is 1.82. The van der Waals surface area contributed by atoms with Gasteiger partial charge in [-0.3, -0.25) is 4.31 Å². The Morgan fingerprint density at radius 2 is 1.86 bits per heavy atom. The van der Waals surface area contributed by atoms with E-state index in [2.05, 4.69) is 14.9 Å². The molecule has 1 aliphatic rings. The summed E-state index contributed by atoms with van der Waals surface area (Å²) < 4.78 is 32.0. The molecule has 0 saturated carbocycles. The first kappa shape index (κ1) is 13.5. The van der Waals surface area contributed by atoms with Crippen molar-refractivity contribution in [3.05, 3.63) is 47.0 Å². The van der Waals surface area contributed by atoms with Gasteiger partial charge in [-0.05, 0) is 40.5 Å². The van der Waals surface area contributed by atoms with Gasteiger partial charge < -0.3 is 0 Å². The molecule has 0 saturated heterocycles. The molecule has 0 fully saturated rings. The Morgan fingerprint density at radius 3 is 2.73 bits per heavy atom. The van der Waals surface area contributed by atoms with Crippen LogP contribution in [0.5, 0.6) is 0 Å². The molecule has 0 aliphatic carbocycles. The fourth-order valence-electron chi connectivity index (χ4n) is 2.70. The highest BCUT2D eigenvalue weighted by molar-refractivity contribution is 7.93. The molecule has 22 heavy (non-hydrogen) atoms. The van der Waals surface area contributed by atoms with Crippen LogP contribution in [0.3, 0.4) is 0 Å². The summed E-state index contributed by atoms with van der Waals surface area (Å²) in [4.78, 5) is 0.0462. The van der Waals surface area contributed by atoms with E-state index in [0.717, 1.165) is 5.56 Å². The molecule has 0 amide bonds. The summed E-state index contributed by atoms with van der Waals surface area (Å²) in [5.41, 5.74) is 2.10. The molecular formula is C14H10ClN3O3S. The Labute approximate surface area is 131 Å². The summed E-state index contributed by atoms with van der Waals surface area (Å²) in [6.45, 7) is 0.400. The molecule has 1 aliphatic heterocycles. The van der Waals surface area contributed by atoms with Crippen LogP contribution >= 0.6 is 11.6 Å². The highest BCUT2D eigenvalue weighted by Gasteiger charge is 2.33. The normalized spacial score (nSPS) is 14.5. The van der Waals surface area contributed by atoms with Crippen LogP contribution in [0.25, 0.3) is 11.0 Å². The van der Waals surface area contributed by atoms with E-state index in [1.54, 1.807) is 6.07 Å². The molecule has 4 rings (SSSR count). The first-order valence-electron chi connectivity index (χ1n) is 6.60. The fourth-order valence-corrected chi connectivity index (χ4v) is 4.51. The van der Waals surface area contributed by atoms with Crippen molar-refractivity contribution in [3.8, 4) is 0 Å². The monoisotopic (exact) mass is 335 g/mol. The zero-order valence-corrected chi connectivity index (χ0v) is 12.8. The van der Waals surface area contributed by atoms with Crippen molar-refractivity contribution in [2.75, 3.05) is 10.8 Å². The molecule has 0 spiro atoms. The van der Waals surface area contributed by atoms with Gasteiger partial charge in [0.1, 0.15) is 4.90 Å². The van der Waals surface area contributed by atoms with Crippen molar-refractivity contribution in [2.45, 2.75) is 11.3 Å². The minimum atomic E-state index is -3.75. The number of nitrogens with zero attached hydrogens (tertiary/aromatic N) is 3. The van der Waals surface area contributed by atoms with E-state index < -0.39 is 10.0 Å². The van der Waals surface area contributed by atoms with Crippen LogP contribution in [0.2, 0.25) is 5.02 Å². The molecule has 112 valence electrons. The van der Waals surface area contributed by atoms with E-state index in [-0.39, 0.29) is 15.9 Å². The molecule has 2 heterocycles. The zero-order valence-electron chi connectivity index (χ0n) is 11.2. The Hall–Kier alpha value is -2.12. The Bertz CT molecular complexity index is 984. The molecular weight excluding hydrogens is 326 g/mol. The van der Waals surface area contributed by atoms with Crippen LogP contribution < -0.4 is 4.31 Å². The van der Waals surface area contributed by atoms with Crippen molar-refractivity contribution in [3.63, 3.8) is 0 Å². The number of benzene rings is 2. The molecule has 8 heteroatoms. The van der Waals surface area contributed by atoms with Crippen LogP contribution in [0.15, 0.2) is 45.9 Å². The van der Waals surface area contributed by atoms with E-state index in [1.807, 2.05) is 18.2 Å². The Balaban J connectivity index is 1.91. The van der Waals surface area contributed by atoms with Crippen LogP contribution in [0.1, 0.15) is 5.56 Å². The lowest BCUT2D eigenvalue weighted by atomic mass is 10.2. The highest BCUT2D eigenvalue weighted by atomic mass is 35.5. The van der Waals surface area contributed by atoms with Gasteiger partial charge in [0.2, 0.25) is 0 Å². The minimum Gasteiger partial charge on any atom is -0.266 e. The third-order valence-corrected chi connectivity index (χ3v) is 5.89. The van der Waals surface area contributed by atoms with Gasteiger partial charge >= 0.3 is 0 Å². The predicted octanol–water partition coefficient (Wildman–Crippen LogP) is 2.63. The molecule has 0 N–H and O–H groups in total. The second-order valence-electron chi connectivity index (χ2n) is 4.96. The average Bonchev–Trinajstić information content (AvgIpc) is 3.14. The third-order valence-electron chi connectivity index (χ3n) is 3.74. The number of sulfonamides is 1. The van der Waals surface area contributed by atoms with Gasteiger partial charge in [0.05, 0.1) is 10.7 Å². The fraction of sp³-hybridized carbons (Fsp3) is 0.143. The van der Waals surface area contributed by atoms with Crippen LogP contribution in [-0.4, -0.2) is 25.3 Å². The Kier molecular flexibility index (Phi) is 2.88. The maximum atomic E-state index is 13.0. The van der Waals surface area contributed by atoms with Gasteiger partial charge in [-0.25, -0.2) is 13.0 Å². The van der Waals surface area contributed by atoms with Gasteiger partial charge in [0.15, 0.2) is 11.0 Å². The lowest BCUT2D eigenvalue weighted by Crippen LogP contribution is -2.29. The Morgan fingerprint density at radius 1 is 1.09 bits per heavy atom. The largest absolute Gasteiger partial charge is 0.266 e. The maximum Gasteiger partial charge on any atom is 0.266 e. The lowest BCUT2D eigenvalue weighted by Gasteiger charge is -2.19. The second kappa shape index (κ2) is 4.69. The molecule has 6 nitrogen and oxygen atoms in total. The standard InChI is InChI=1S/C14H10ClN3O3S/c15-10-5-6-12(14-13(10)16-21-17-14)22(19,20)18-8-7-9-3-1-2-4-11(9)18/h1-6H,7-8H2. The maximum absolute atomic E-state index is 13.0. The first-order valence-corrected chi connectivity index (χ1v) is 8.42. The molecule has 3 aromatic rings. The molecule has 0 unspecified atom stereocenters. The number of anilines is 1. The number of halogens is 1. The van der Waals surface area contributed by atoms with Crippen LogP contribution in [0.4, 0.5) is 5.69 Å². The van der Waals surface area contributed by atoms with E-state index in [4.69, 9.17) is 11.6 Å². The lowest BCUT2D eigenvalue weighted by molar-refractivity contribution is 0.315. The van der Waals surface area contributed by atoms with Crippen molar-refractivity contribution >= 4 is 38.3 Å². The highest BCUT2D eigenvalue weighted by Crippen LogP contribution is 2.35. The van der Waals surface area contributed by atoms with Gasteiger partial charge in [-0.2, -0.15) is 0 Å². The van der Waals surface area contributed by atoms with E-state index in [1.165, 1.54) is 16.4 Å². The summed E-state index contributed by atoms with van der Waals surface area (Å²) in [5.74, 6) is 0. The van der Waals surface area contributed by atoms with Gasteiger partial charge in [0.25, 0.3) is 10.0 Å². The number of para-hydroxylation sites is 1. The smallest absolute Gasteiger partial charge is 0.266 e. The second-order valence-corrected chi connectivity index (χ2v) is 7.20. The predicted molar refractivity (Wildman–Crippen MR) is 81.5 cm³/mol. The van der Waals surface area contributed by atoms with E-state index in [0.29, 0.717) is 23.7 Å². The van der Waals surface area contributed by atoms with E-state index >= 15 is 0 Å². The summed E-state index contributed by atoms with van der Waals surface area (Å²) in [5, 5.41) is 7.66. The topological polar surface area (TPSA) is 76.3 Å². The molecule has 0 radical (unpaired) electrons. The average molecular weight is 336 g/mol. The van der Waals surface area contributed by atoms with Gasteiger partial charge in [-0.15, -0.1) is 0 Å². The first-order chi connectivity index (χ1) is 10.6. The molecule has 0 bridgehead atoms. The summed E-state index contributed by atoms with van der Waals surface area (Å²) >= 11 is 5.99. The molecule has 2 aromatic carbocycles. The quantitative estimate of drug-likeness (QED) is 0.719. The summed E-state index contributed by atoms with van der Waals surface area (Å²) in [7, 11) is -3.75. The number of hydrogen-bond acceptors (Lipinski definition) is 5. The number of fused-ring (bicyclic) bond motifs is 2. The van der Waals surface area contributed by atoms with E-state index in [9.17, 15) is 8.42 Å². The SMILES string of the molecule is O=S(=O)(c1ccc(Cl)c2nonc12)N1CCc2ccccc21. The van der Waals surface area contributed by atoms with Crippen molar-refractivity contribution in [1.29, 1.82) is 0 Å². The van der Waals surface area contributed by atoms with Gasteiger partial charge in [0, 0.05) is 6.54 Å². The minimum absolute atomic E-state index is 0.0462.